The zero-order valence-electron chi connectivity index (χ0n) is 7.64. The maximum Gasteiger partial charge on any atom is 0.170 e. The molecule has 1 aromatic rings. The summed E-state index contributed by atoms with van der Waals surface area (Å²) in [6.07, 6.45) is 2.32. The summed E-state index contributed by atoms with van der Waals surface area (Å²) in [7, 11) is 0. The number of carbonyl (C=O) groups is 1. The number of carbonyl (C=O) groups excluding carboxylic acids is 1. The van der Waals surface area contributed by atoms with Gasteiger partial charge in [0.25, 0.3) is 0 Å². The summed E-state index contributed by atoms with van der Waals surface area (Å²) in [5.41, 5.74) is 1.08. The molecule has 3 heteroatoms. The molecule has 1 aromatic carbocycles. The van der Waals surface area contributed by atoms with Crippen LogP contribution in [0.25, 0.3) is 0 Å². The molecule has 1 aliphatic heterocycles. The molecule has 1 aliphatic rings. The van der Waals surface area contributed by atoms with Crippen molar-refractivity contribution in [1.82, 2.24) is 5.32 Å². The summed E-state index contributed by atoms with van der Waals surface area (Å²) in [5, 5.41) is 4.83. The molecule has 72 valence electrons. The number of hydrogen-bond donors (Lipinski definition) is 1. The third-order valence-electron chi connectivity index (χ3n) is 2.04. The van der Waals surface area contributed by atoms with Crippen molar-refractivity contribution in [3.8, 4) is 0 Å². The minimum absolute atomic E-state index is 0.0878. The van der Waals surface area contributed by atoms with E-state index in [1.807, 2.05) is 41.9 Å². The van der Waals surface area contributed by atoms with E-state index in [2.05, 4.69) is 5.32 Å². The minimum Gasteiger partial charge on any atom is -0.372 e. The summed E-state index contributed by atoms with van der Waals surface area (Å²) in [6.45, 7) is 0. The third-order valence-corrected chi connectivity index (χ3v) is 3.01. The third kappa shape index (κ3) is 2.17. The average Bonchev–Trinajstić information content (AvgIpc) is 2.72. The molecular weight excluding hydrogens is 194 g/mol. The van der Waals surface area contributed by atoms with Crippen molar-refractivity contribution in [3.05, 3.63) is 47.5 Å². The highest BCUT2D eigenvalue weighted by molar-refractivity contribution is 8.03. The van der Waals surface area contributed by atoms with Gasteiger partial charge in [0.1, 0.15) is 5.37 Å². The zero-order valence-corrected chi connectivity index (χ0v) is 8.46. The lowest BCUT2D eigenvalue weighted by atomic mass is 10.1. The van der Waals surface area contributed by atoms with Gasteiger partial charge in [-0.3, -0.25) is 4.79 Å². The summed E-state index contributed by atoms with van der Waals surface area (Å²) in [4.78, 5) is 11.7. The van der Waals surface area contributed by atoms with Crippen LogP contribution in [0.3, 0.4) is 0 Å². The van der Waals surface area contributed by atoms with Crippen LogP contribution in [0.5, 0.6) is 0 Å². The second kappa shape index (κ2) is 4.33. The van der Waals surface area contributed by atoms with Crippen LogP contribution >= 0.6 is 11.8 Å². The highest BCUT2D eigenvalue weighted by Gasteiger charge is 2.19. The monoisotopic (exact) mass is 205 g/mol. The van der Waals surface area contributed by atoms with E-state index >= 15 is 0 Å². The molecule has 1 N–H and O–H groups in total. The first-order chi connectivity index (χ1) is 6.86. The van der Waals surface area contributed by atoms with Crippen molar-refractivity contribution in [2.45, 2.75) is 11.8 Å². The van der Waals surface area contributed by atoms with Crippen LogP contribution in [-0.4, -0.2) is 11.2 Å². The first-order valence-electron chi connectivity index (χ1n) is 4.49. The van der Waals surface area contributed by atoms with Crippen molar-refractivity contribution in [2.75, 3.05) is 0 Å². The fraction of sp³-hybridized carbons (Fsp3) is 0.182. The van der Waals surface area contributed by atoms with Crippen LogP contribution in [0.15, 0.2) is 41.9 Å². The molecule has 14 heavy (non-hydrogen) atoms. The molecule has 0 bridgehead atoms. The number of nitrogens with one attached hydrogen (secondary N) is 1. The second-order valence-corrected chi connectivity index (χ2v) is 4.13. The van der Waals surface area contributed by atoms with Gasteiger partial charge in [-0.1, -0.05) is 42.1 Å². The Balaban J connectivity index is 1.95. The normalized spacial score (nSPS) is 19.3. The Hall–Kier alpha value is -1.22. The molecule has 2 nitrogen and oxygen atoms in total. The molecule has 0 aliphatic carbocycles. The van der Waals surface area contributed by atoms with Crippen molar-refractivity contribution in [3.63, 3.8) is 0 Å². The van der Waals surface area contributed by atoms with Gasteiger partial charge in [0, 0.05) is 12.6 Å². The van der Waals surface area contributed by atoms with Gasteiger partial charge in [-0.15, -0.1) is 0 Å². The first kappa shape index (κ1) is 9.34. The molecule has 0 radical (unpaired) electrons. The smallest absolute Gasteiger partial charge is 0.170 e. The summed E-state index contributed by atoms with van der Waals surface area (Å²) < 4.78 is 0. The Morgan fingerprint density at radius 1 is 1.36 bits per heavy atom. The van der Waals surface area contributed by atoms with Crippen LogP contribution in [0.2, 0.25) is 0 Å². The number of hydrogen-bond acceptors (Lipinski definition) is 3. The Kier molecular flexibility index (Phi) is 2.89. The van der Waals surface area contributed by atoms with Gasteiger partial charge >= 0.3 is 0 Å². The average molecular weight is 205 g/mol. The maximum absolute atomic E-state index is 11.7. The number of benzene rings is 1. The highest BCUT2D eigenvalue weighted by atomic mass is 32.2. The van der Waals surface area contributed by atoms with Gasteiger partial charge in [0.15, 0.2) is 5.78 Å². The number of rotatable bonds is 3. The van der Waals surface area contributed by atoms with Crippen molar-refractivity contribution in [2.24, 2.45) is 0 Å². The van der Waals surface area contributed by atoms with Gasteiger partial charge in [-0.05, 0) is 11.0 Å². The zero-order chi connectivity index (χ0) is 9.80. The van der Waals surface area contributed by atoms with Gasteiger partial charge in [0.2, 0.25) is 0 Å². The van der Waals surface area contributed by atoms with Gasteiger partial charge < -0.3 is 5.32 Å². The molecule has 1 atom stereocenters. The predicted molar refractivity (Wildman–Crippen MR) is 58.8 cm³/mol. The molecular formula is C11H11NOS. The number of Topliss-reactive ketones (excluding diaryl/α,β-unsaturated/α-hetero) is 1. The van der Waals surface area contributed by atoms with E-state index in [9.17, 15) is 4.79 Å². The molecule has 2 rings (SSSR count). The summed E-state index contributed by atoms with van der Waals surface area (Å²) in [6, 6.07) is 9.82. The number of thioether (sulfide) groups is 1. The predicted octanol–water partition coefficient (Wildman–Crippen LogP) is 1.93. The lowest BCUT2D eigenvalue weighted by Gasteiger charge is -2.08. The van der Waals surface area contributed by atoms with E-state index in [1.54, 1.807) is 0 Å². The Morgan fingerprint density at radius 2 is 2.14 bits per heavy atom. The highest BCUT2D eigenvalue weighted by Crippen LogP contribution is 2.17. The fourth-order valence-corrected chi connectivity index (χ4v) is 2.05. The van der Waals surface area contributed by atoms with E-state index in [1.165, 1.54) is 11.8 Å². The Morgan fingerprint density at radius 3 is 2.79 bits per heavy atom. The van der Waals surface area contributed by atoms with Gasteiger partial charge in [0.05, 0.1) is 0 Å². The van der Waals surface area contributed by atoms with E-state index in [0.717, 1.165) is 5.56 Å². The Labute approximate surface area is 87.4 Å². The SMILES string of the molecule is O=C(Cc1ccccc1)C1NC=CS1. The standard InChI is InChI=1S/C11H11NOS/c13-10(11-12-6-7-14-11)8-9-4-2-1-3-5-9/h1-7,11-12H,8H2. The first-order valence-corrected chi connectivity index (χ1v) is 5.44. The minimum atomic E-state index is -0.0878. The van der Waals surface area contributed by atoms with Crippen LogP contribution in [0.1, 0.15) is 5.56 Å². The molecule has 0 spiro atoms. The van der Waals surface area contributed by atoms with E-state index in [4.69, 9.17) is 0 Å². The lowest BCUT2D eigenvalue weighted by Crippen LogP contribution is -2.28. The van der Waals surface area contributed by atoms with Crippen LogP contribution in [0.4, 0.5) is 0 Å². The molecule has 0 amide bonds. The van der Waals surface area contributed by atoms with Crippen LogP contribution in [-0.2, 0) is 11.2 Å². The van der Waals surface area contributed by atoms with Crippen molar-refractivity contribution < 1.29 is 4.79 Å². The number of ketones is 1. The van der Waals surface area contributed by atoms with Crippen LogP contribution in [0, 0.1) is 0 Å². The van der Waals surface area contributed by atoms with E-state index in [-0.39, 0.29) is 11.2 Å². The van der Waals surface area contributed by atoms with Crippen molar-refractivity contribution >= 4 is 17.5 Å². The largest absolute Gasteiger partial charge is 0.372 e. The molecule has 0 aromatic heterocycles. The summed E-state index contributed by atoms with van der Waals surface area (Å²) in [5.74, 6) is 0.228. The quantitative estimate of drug-likeness (QED) is 0.817. The topological polar surface area (TPSA) is 29.1 Å². The summed E-state index contributed by atoms with van der Waals surface area (Å²) >= 11 is 1.53. The van der Waals surface area contributed by atoms with Gasteiger partial charge in [-0.25, -0.2) is 0 Å². The lowest BCUT2D eigenvalue weighted by molar-refractivity contribution is -0.118. The van der Waals surface area contributed by atoms with Crippen LogP contribution < -0.4 is 5.32 Å². The molecule has 0 saturated carbocycles. The molecule has 0 saturated heterocycles. The van der Waals surface area contributed by atoms with Crippen molar-refractivity contribution in [1.29, 1.82) is 0 Å². The van der Waals surface area contributed by atoms with E-state index in [0.29, 0.717) is 6.42 Å². The maximum atomic E-state index is 11.7. The van der Waals surface area contributed by atoms with Gasteiger partial charge in [-0.2, -0.15) is 0 Å². The fourth-order valence-electron chi connectivity index (χ4n) is 1.34. The second-order valence-electron chi connectivity index (χ2n) is 3.11. The molecule has 1 unspecified atom stereocenters. The van der Waals surface area contributed by atoms with E-state index < -0.39 is 0 Å². The Bertz CT molecular complexity index is 340. The molecule has 1 heterocycles. The molecule has 0 fully saturated rings.